The topological polar surface area (TPSA) is 75.2 Å². The number of nitrogens with zero attached hydrogens (tertiary/aromatic N) is 3. The van der Waals surface area contributed by atoms with Gasteiger partial charge < -0.3 is 10.2 Å². The number of halogens is 1. The van der Waals surface area contributed by atoms with Gasteiger partial charge in [-0.15, -0.1) is 0 Å². The maximum absolute atomic E-state index is 12.9. The van der Waals surface area contributed by atoms with Gasteiger partial charge in [-0.3, -0.25) is 9.59 Å². The van der Waals surface area contributed by atoms with Crippen molar-refractivity contribution in [2.24, 2.45) is 0 Å². The summed E-state index contributed by atoms with van der Waals surface area (Å²) in [6, 6.07) is 14.0. The number of aromatic nitrogens is 2. The first-order valence-corrected chi connectivity index (χ1v) is 9.15. The van der Waals surface area contributed by atoms with Crippen molar-refractivity contribution in [2.75, 3.05) is 11.9 Å². The number of hydrogen-bond donors (Lipinski definition) is 1. The molecule has 0 saturated heterocycles. The van der Waals surface area contributed by atoms with Gasteiger partial charge in [0.1, 0.15) is 6.04 Å². The van der Waals surface area contributed by atoms with Crippen LogP contribution >= 0.6 is 11.6 Å². The first-order valence-electron chi connectivity index (χ1n) is 8.77. The number of likely N-dealkylation sites (N-methyl/N-ethyl adjacent to an activating group) is 1. The van der Waals surface area contributed by atoms with Gasteiger partial charge in [-0.25, -0.2) is 0 Å². The summed E-state index contributed by atoms with van der Waals surface area (Å²) in [5, 5.41) is 10.9. The molecule has 28 heavy (non-hydrogen) atoms. The van der Waals surface area contributed by atoms with Crippen LogP contribution in [0, 0.1) is 0 Å². The molecule has 6 nitrogen and oxygen atoms in total. The van der Waals surface area contributed by atoms with Crippen molar-refractivity contribution in [3.8, 4) is 11.1 Å². The molecule has 2 heterocycles. The number of carbonyl (C=O) groups excluding carboxylic acids is 2. The number of rotatable bonds is 3. The van der Waals surface area contributed by atoms with Crippen LogP contribution in [0.25, 0.3) is 11.1 Å². The van der Waals surface area contributed by atoms with Crippen molar-refractivity contribution >= 4 is 29.1 Å². The van der Waals surface area contributed by atoms with Gasteiger partial charge in [0.05, 0.1) is 23.6 Å². The average Bonchev–Trinajstić information content (AvgIpc) is 2.80. The molecule has 1 aromatic heterocycles. The molecule has 0 bridgehead atoms. The van der Waals surface area contributed by atoms with Crippen LogP contribution in [0.4, 0.5) is 5.69 Å². The molecular weight excluding hydrogens is 376 g/mol. The van der Waals surface area contributed by atoms with Crippen LogP contribution in [0.3, 0.4) is 0 Å². The fourth-order valence-electron chi connectivity index (χ4n) is 3.30. The van der Waals surface area contributed by atoms with Gasteiger partial charge in [0.15, 0.2) is 0 Å². The van der Waals surface area contributed by atoms with E-state index in [4.69, 9.17) is 11.6 Å². The quantitative estimate of drug-likeness (QED) is 0.743. The molecule has 0 aliphatic carbocycles. The summed E-state index contributed by atoms with van der Waals surface area (Å²) >= 11 is 6.02. The van der Waals surface area contributed by atoms with Crippen molar-refractivity contribution in [3.05, 3.63) is 77.1 Å². The van der Waals surface area contributed by atoms with E-state index in [0.29, 0.717) is 22.7 Å². The lowest BCUT2D eigenvalue weighted by molar-refractivity contribution is -0.120. The molecule has 4 rings (SSSR count). The molecule has 0 radical (unpaired) electrons. The van der Waals surface area contributed by atoms with Crippen LogP contribution in [0.15, 0.2) is 60.9 Å². The lowest BCUT2D eigenvalue weighted by atomic mass is 10.0. The number of anilines is 1. The molecule has 3 aromatic rings. The van der Waals surface area contributed by atoms with Gasteiger partial charge >= 0.3 is 0 Å². The number of fused-ring (bicyclic) bond motifs is 1. The lowest BCUT2D eigenvalue weighted by Gasteiger charge is -2.21. The van der Waals surface area contributed by atoms with Crippen LogP contribution in [-0.2, 0) is 11.2 Å². The highest BCUT2D eigenvalue weighted by Crippen LogP contribution is 2.27. The smallest absolute Gasteiger partial charge is 0.254 e. The normalized spacial score (nSPS) is 16.4. The Morgan fingerprint density at radius 2 is 1.82 bits per heavy atom. The monoisotopic (exact) mass is 392 g/mol. The zero-order valence-electron chi connectivity index (χ0n) is 15.1. The second-order valence-corrected chi connectivity index (χ2v) is 7.05. The number of nitrogens with one attached hydrogen (secondary N) is 1. The van der Waals surface area contributed by atoms with Crippen LogP contribution in [0.5, 0.6) is 0 Å². The van der Waals surface area contributed by atoms with E-state index in [1.54, 1.807) is 37.6 Å². The van der Waals surface area contributed by atoms with E-state index < -0.39 is 6.04 Å². The summed E-state index contributed by atoms with van der Waals surface area (Å²) in [5.74, 6) is -0.475. The maximum atomic E-state index is 12.9. The summed E-state index contributed by atoms with van der Waals surface area (Å²) in [6.45, 7) is 0. The van der Waals surface area contributed by atoms with Crippen molar-refractivity contribution < 1.29 is 9.59 Å². The van der Waals surface area contributed by atoms with Gasteiger partial charge in [0, 0.05) is 24.1 Å². The minimum absolute atomic E-state index is 0.170. The third kappa shape index (κ3) is 3.46. The van der Waals surface area contributed by atoms with E-state index in [-0.39, 0.29) is 11.8 Å². The summed E-state index contributed by atoms with van der Waals surface area (Å²) in [4.78, 5) is 27.0. The number of hydrogen-bond acceptors (Lipinski definition) is 4. The minimum Gasteiger partial charge on any atom is -0.340 e. The van der Waals surface area contributed by atoms with Crippen molar-refractivity contribution in [2.45, 2.75) is 12.5 Å². The summed E-state index contributed by atoms with van der Waals surface area (Å²) < 4.78 is 0. The van der Waals surface area contributed by atoms with E-state index in [1.165, 1.54) is 4.90 Å². The Morgan fingerprint density at radius 3 is 2.54 bits per heavy atom. The van der Waals surface area contributed by atoms with Gasteiger partial charge in [-0.2, -0.15) is 10.2 Å². The fourth-order valence-corrected chi connectivity index (χ4v) is 3.47. The molecule has 0 fully saturated rings. The molecule has 2 aromatic carbocycles. The van der Waals surface area contributed by atoms with Crippen LogP contribution in [0.1, 0.15) is 15.9 Å². The van der Waals surface area contributed by atoms with E-state index in [2.05, 4.69) is 15.5 Å². The number of amides is 2. The molecule has 7 heteroatoms. The van der Waals surface area contributed by atoms with E-state index in [1.807, 2.05) is 30.3 Å². The van der Waals surface area contributed by atoms with E-state index in [0.717, 1.165) is 16.7 Å². The summed E-state index contributed by atoms with van der Waals surface area (Å²) in [6.07, 6.45) is 3.73. The Kier molecular flexibility index (Phi) is 4.79. The van der Waals surface area contributed by atoms with Gasteiger partial charge in [0.25, 0.3) is 5.91 Å². The lowest BCUT2D eigenvalue weighted by Crippen LogP contribution is -2.45. The molecule has 0 saturated carbocycles. The van der Waals surface area contributed by atoms with Crippen molar-refractivity contribution in [1.29, 1.82) is 0 Å². The van der Waals surface area contributed by atoms with Crippen molar-refractivity contribution in [1.82, 2.24) is 15.5 Å². The predicted octanol–water partition coefficient (Wildman–Crippen LogP) is 3.11. The number of benzene rings is 2. The standard InChI is InChI=1S/C21H17ClN4O2/c1-26-19-7-6-16(22)11-17(19)20(27)25-18(21(26)28)10-13-2-4-14(5-3-13)15-8-9-23-24-12-15/h2-9,11-12,18H,10H2,1H3,(H,25,27). The molecule has 1 aliphatic rings. The van der Waals surface area contributed by atoms with Crippen LogP contribution < -0.4 is 10.2 Å². The molecule has 140 valence electrons. The largest absolute Gasteiger partial charge is 0.340 e. The van der Waals surface area contributed by atoms with Crippen LogP contribution in [-0.4, -0.2) is 35.1 Å². The molecule has 1 unspecified atom stereocenters. The first-order chi connectivity index (χ1) is 13.5. The zero-order valence-corrected chi connectivity index (χ0v) is 15.8. The van der Waals surface area contributed by atoms with E-state index in [9.17, 15) is 9.59 Å². The van der Waals surface area contributed by atoms with Gasteiger partial charge in [0.2, 0.25) is 5.91 Å². The SMILES string of the molecule is CN1C(=O)C(Cc2ccc(-c3ccnnc3)cc2)NC(=O)c2cc(Cl)ccc21. The molecule has 1 aliphatic heterocycles. The van der Waals surface area contributed by atoms with Gasteiger partial charge in [-0.1, -0.05) is 35.9 Å². The second kappa shape index (κ2) is 7.40. The third-order valence-electron chi connectivity index (χ3n) is 4.81. The first kappa shape index (κ1) is 18.1. The highest BCUT2D eigenvalue weighted by molar-refractivity contribution is 6.31. The Hall–Kier alpha value is -3.25. The second-order valence-electron chi connectivity index (χ2n) is 6.62. The third-order valence-corrected chi connectivity index (χ3v) is 5.05. The minimum atomic E-state index is -0.655. The number of carbonyl (C=O) groups is 2. The van der Waals surface area contributed by atoms with E-state index >= 15 is 0 Å². The highest BCUT2D eigenvalue weighted by Gasteiger charge is 2.31. The Bertz CT molecular complexity index is 1040. The van der Waals surface area contributed by atoms with Gasteiger partial charge in [-0.05, 0) is 35.4 Å². The average molecular weight is 393 g/mol. The Morgan fingerprint density at radius 1 is 1.04 bits per heavy atom. The molecule has 0 spiro atoms. The molecule has 1 N–H and O–H groups in total. The maximum Gasteiger partial charge on any atom is 0.254 e. The molecule has 1 atom stereocenters. The van der Waals surface area contributed by atoms with Crippen LogP contribution in [0.2, 0.25) is 5.02 Å². The Labute approximate surface area is 167 Å². The Balaban J connectivity index is 1.57. The van der Waals surface area contributed by atoms with Crippen molar-refractivity contribution in [3.63, 3.8) is 0 Å². The molecule has 2 amide bonds. The highest BCUT2D eigenvalue weighted by atomic mass is 35.5. The predicted molar refractivity (Wildman–Crippen MR) is 107 cm³/mol. The summed E-state index contributed by atoms with van der Waals surface area (Å²) in [7, 11) is 1.67. The summed E-state index contributed by atoms with van der Waals surface area (Å²) in [5.41, 5.74) is 3.87. The molecular formula is C21H17ClN4O2. The zero-order chi connectivity index (χ0) is 19.7. The fraction of sp³-hybridized carbons (Fsp3) is 0.143.